The minimum absolute atomic E-state index is 0.187. The molecular formula is C18H25N5OS. The average Bonchev–Trinajstić information content (AvgIpc) is 3.00. The van der Waals surface area contributed by atoms with Crippen LogP contribution in [-0.4, -0.2) is 72.5 Å². The first kappa shape index (κ1) is 16.7. The van der Waals surface area contributed by atoms with Crippen molar-refractivity contribution in [3.05, 3.63) is 16.8 Å². The highest BCUT2D eigenvalue weighted by atomic mass is 32.1. The van der Waals surface area contributed by atoms with Crippen molar-refractivity contribution < 1.29 is 4.79 Å². The summed E-state index contributed by atoms with van der Waals surface area (Å²) in [7, 11) is 4.08. The van der Waals surface area contributed by atoms with Gasteiger partial charge in [-0.1, -0.05) is 0 Å². The number of aromatic nitrogens is 2. The second-order valence-corrected chi connectivity index (χ2v) is 8.21. The molecule has 0 bridgehead atoms. The van der Waals surface area contributed by atoms with Gasteiger partial charge in [0, 0.05) is 38.1 Å². The first-order valence-corrected chi connectivity index (χ1v) is 9.88. The molecule has 134 valence electrons. The molecule has 7 heteroatoms. The molecule has 0 unspecified atom stereocenters. The number of carbonyl (C=O) groups is 1. The minimum atomic E-state index is 0.187. The van der Waals surface area contributed by atoms with Crippen molar-refractivity contribution in [1.82, 2.24) is 19.8 Å². The van der Waals surface area contributed by atoms with Crippen molar-refractivity contribution in [3.63, 3.8) is 0 Å². The lowest BCUT2D eigenvalue weighted by atomic mass is 9.97. The number of nitrogens with zero attached hydrogens (tertiary/aromatic N) is 5. The summed E-state index contributed by atoms with van der Waals surface area (Å²) in [6, 6.07) is 0. The van der Waals surface area contributed by atoms with Crippen LogP contribution in [0.5, 0.6) is 0 Å². The van der Waals surface area contributed by atoms with Crippen LogP contribution in [0.15, 0.2) is 6.33 Å². The van der Waals surface area contributed by atoms with Gasteiger partial charge < -0.3 is 14.7 Å². The maximum Gasteiger partial charge on any atom is 0.242 e. The Hall–Kier alpha value is -1.73. The summed E-state index contributed by atoms with van der Waals surface area (Å²) in [5, 5.41) is 1.18. The van der Waals surface area contributed by atoms with Crippen LogP contribution in [0.25, 0.3) is 10.2 Å². The number of carbonyl (C=O) groups excluding carboxylic acids is 1. The first-order chi connectivity index (χ1) is 12.1. The Morgan fingerprint density at radius 3 is 2.76 bits per heavy atom. The van der Waals surface area contributed by atoms with E-state index in [9.17, 15) is 4.79 Å². The quantitative estimate of drug-likeness (QED) is 0.836. The van der Waals surface area contributed by atoms with E-state index in [1.165, 1.54) is 28.7 Å². The van der Waals surface area contributed by atoms with Crippen molar-refractivity contribution in [2.45, 2.75) is 25.7 Å². The number of amides is 1. The molecule has 0 aromatic carbocycles. The molecule has 0 atom stereocenters. The van der Waals surface area contributed by atoms with Crippen molar-refractivity contribution >= 4 is 33.3 Å². The first-order valence-electron chi connectivity index (χ1n) is 9.06. The predicted molar refractivity (Wildman–Crippen MR) is 101 cm³/mol. The van der Waals surface area contributed by atoms with E-state index in [0.717, 1.165) is 49.7 Å². The zero-order valence-corrected chi connectivity index (χ0v) is 15.8. The molecular weight excluding hydrogens is 334 g/mol. The largest absolute Gasteiger partial charge is 0.350 e. The SMILES string of the molecule is CN1CCN(C(=O)CN(C)c2ncnc3sc4c(c23)CCCC4)CC1. The van der Waals surface area contributed by atoms with E-state index >= 15 is 0 Å². The highest BCUT2D eigenvalue weighted by Gasteiger charge is 2.24. The lowest BCUT2D eigenvalue weighted by Gasteiger charge is -2.33. The van der Waals surface area contributed by atoms with Crippen LogP contribution < -0.4 is 4.90 Å². The van der Waals surface area contributed by atoms with E-state index in [1.807, 2.05) is 16.8 Å². The van der Waals surface area contributed by atoms with Gasteiger partial charge in [0.15, 0.2) is 0 Å². The van der Waals surface area contributed by atoms with Gasteiger partial charge in [0.1, 0.15) is 17.0 Å². The topological polar surface area (TPSA) is 52.6 Å². The van der Waals surface area contributed by atoms with Crippen LogP contribution in [0.2, 0.25) is 0 Å². The van der Waals surface area contributed by atoms with Crippen LogP contribution in [0.3, 0.4) is 0 Å². The molecule has 2 aromatic heterocycles. The zero-order chi connectivity index (χ0) is 17.4. The number of piperazine rings is 1. The fourth-order valence-electron chi connectivity index (χ4n) is 3.80. The van der Waals surface area contributed by atoms with Crippen molar-refractivity contribution in [2.24, 2.45) is 0 Å². The van der Waals surface area contributed by atoms with E-state index < -0.39 is 0 Å². The van der Waals surface area contributed by atoms with Crippen LogP contribution >= 0.6 is 11.3 Å². The molecule has 2 aliphatic rings. The number of hydrogen-bond acceptors (Lipinski definition) is 6. The summed E-state index contributed by atoms with van der Waals surface area (Å²) in [6.45, 7) is 3.91. The third kappa shape index (κ3) is 3.22. The molecule has 25 heavy (non-hydrogen) atoms. The van der Waals surface area contributed by atoms with Gasteiger partial charge in [0.2, 0.25) is 5.91 Å². The Bertz CT molecular complexity index is 781. The molecule has 1 aliphatic heterocycles. The summed E-state index contributed by atoms with van der Waals surface area (Å²) >= 11 is 1.80. The molecule has 0 saturated carbocycles. The highest BCUT2D eigenvalue weighted by Crippen LogP contribution is 2.38. The number of likely N-dealkylation sites (N-methyl/N-ethyl adjacent to an activating group) is 2. The Morgan fingerprint density at radius 2 is 1.96 bits per heavy atom. The number of anilines is 1. The van der Waals surface area contributed by atoms with Gasteiger partial charge in [-0.2, -0.15) is 0 Å². The molecule has 1 aliphatic carbocycles. The Labute approximate surface area is 152 Å². The van der Waals surface area contributed by atoms with E-state index in [4.69, 9.17) is 0 Å². The fourth-order valence-corrected chi connectivity index (χ4v) is 5.02. The maximum atomic E-state index is 12.7. The van der Waals surface area contributed by atoms with Crippen LogP contribution in [0.4, 0.5) is 5.82 Å². The average molecular weight is 359 g/mol. The zero-order valence-electron chi connectivity index (χ0n) is 15.0. The molecule has 1 amide bonds. The second kappa shape index (κ2) is 6.88. The van der Waals surface area contributed by atoms with E-state index in [-0.39, 0.29) is 5.91 Å². The normalized spacial score (nSPS) is 18.4. The van der Waals surface area contributed by atoms with Gasteiger partial charge in [0.05, 0.1) is 11.9 Å². The maximum absolute atomic E-state index is 12.7. The van der Waals surface area contributed by atoms with E-state index in [2.05, 4.69) is 21.9 Å². The van der Waals surface area contributed by atoms with Gasteiger partial charge >= 0.3 is 0 Å². The van der Waals surface area contributed by atoms with Gasteiger partial charge in [-0.15, -0.1) is 11.3 Å². The Morgan fingerprint density at radius 1 is 1.20 bits per heavy atom. The Balaban J connectivity index is 1.56. The monoisotopic (exact) mass is 359 g/mol. The second-order valence-electron chi connectivity index (χ2n) is 7.13. The molecule has 2 aromatic rings. The molecule has 1 saturated heterocycles. The molecule has 0 spiro atoms. The summed E-state index contributed by atoms with van der Waals surface area (Å²) in [5.41, 5.74) is 1.42. The standard InChI is InChI=1S/C18H25N5OS/c1-21-7-9-23(10-8-21)15(24)11-22(2)17-16-13-5-3-4-6-14(13)25-18(16)20-12-19-17/h12H,3-11H2,1-2H3. The van der Waals surface area contributed by atoms with Crippen LogP contribution in [0.1, 0.15) is 23.3 Å². The summed E-state index contributed by atoms with van der Waals surface area (Å²) < 4.78 is 0. The van der Waals surface area contributed by atoms with Gasteiger partial charge in [-0.05, 0) is 38.3 Å². The number of aryl methyl sites for hydroxylation is 2. The number of fused-ring (bicyclic) bond motifs is 3. The van der Waals surface area contributed by atoms with E-state index in [0.29, 0.717) is 6.54 Å². The fraction of sp³-hybridized carbons (Fsp3) is 0.611. The molecule has 1 fully saturated rings. The number of thiophene rings is 1. The summed E-state index contributed by atoms with van der Waals surface area (Å²) in [5.74, 6) is 1.10. The molecule has 3 heterocycles. The Kier molecular flexibility index (Phi) is 4.60. The summed E-state index contributed by atoms with van der Waals surface area (Å²) in [6.07, 6.45) is 6.39. The van der Waals surface area contributed by atoms with Gasteiger partial charge in [-0.25, -0.2) is 9.97 Å². The van der Waals surface area contributed by atoms with Gasteiger partial charge in [-0.3, -0.25) is 4.79 Å². The van der Waals surface area contributed by atoms with Crippen molar-refractivity contribution in [1.29, 1.82) is 0 Å². The smallest absolute Gasteiger partial charge is 0.242 e. The molecule has 0 radical (unpaired) electrons. The molecule has 6 nitrogen and oxygen atoms in total. The molecule has 4 rings (SSSR count). The number of rotatable bonds is 3. The van der Waals surface area contributed by atoms with E-state index in [1.54, 1.807) is 17.7 Å². The lowest BCUT2D eigenvalue weighted by Crippen LogP contribution is -2.49. The third-order valence-electron chi connectivity index (χ3n) is 5.32. The number of hydrogen-bond donors (Lipinski definition) is 0. The minimum Gasteiger partial charge on any atom is -0.350 e. The molecule has 0 N–H and O–H groups in total. The highest BCUT2D eigenvalue weighted by molar-refractivity contribution is 7.19. The third-order valence-corrected chi connectivity index (χ3v) is 6.52. The summed E-state index contributed by atoms with van der Waals surface area (Å²) in [4.78, 5) is 30.5. The predicted octanol–water partition coefficient (Wildman–Crippen LogP) is 1.78. The van der Waals surface area contributed by atoms with Crippen LogP contribution in [-0.2, 0) is 17.6 Å². The van der Waals surface area contributed by atoms with Crippen molar-refractivity contribution in [2.75, 3.05) is 51.7 Å². The van der Waals surface area contributed by atoms with Gasteiger partial charge in [0.25, 0.3) is 0 Å². The van der Waals surface area contributed by atoms with Crippen molar-refractivity contribution in [3.8, 4) is 0 Å². The van der Waals surface area contributed by atoms with Crippen LogP contribution in [0, 0.1) is 0 Å². The lowest BCUT2D eigenvalue weighted by molar-refractivity contribution is -0.131.